The minimum Gasteiger partial charge on any atom is -0.373 e. The van der Waals surface area contributed by atoms with Gasteiger partial charge in [0.1, 0.15) is 23.0 Å². The average Bonchev–Trinajstić information content (AvgIpc) is 2.93. The van der Waals surface area contributed by atoms with Gasteiger partial charge in [-0.3, -0.25) is 9.90 Å². The summed E-state index contributed by atoms with van der Waals surface area (Å²) < 4.78 is 6.04. The van der Waals surface area contributed by atoms with Gasteiger partial charge in [0, 0.05) is 32.4 Å². The predicted octanol–water partition coefficient (Wildman–Crippen LogP) is 4.22. The van der Waals surface area contributed by atoms with E-state index in [1.165, 1.54) is 11.8 Å². The lowest BCUT2D eigenvalue weighted by molar-refractivity contribution is 0.0174. The molecule has 0 bridgehead atoms. The smallest absolute Gasteiger partial charge is 0.148 e. The van der Waals surface area contributed by atoms with Gasteiger partial charge < -0.3 is 14.5 Å². The average molecular weight is 509 g/mol. The number of morpholine rings is 1. The molecule has 0 spiro atoms. The number of ether oxygens (including phenoxy) is 1. The molecule has 1 aliphatic heterocycles. The molecule has 0 saturated carbocycles. The summed E-state index contributed by atoms with van der Waals surface area (Å²) in [6, 6.07) is 12.8. The second-order valence-corrected chi connectivity index (χ2v) is 9.57. The molecule has 1 aromatic heterocycles. The van der Waals surface area contributed by atoms with Crippen LogP contribution in [0.4, 0.5) is 11.5 Å². The number of pyridine rings is 1. The van der Waals surface area contributed by atoms with Crippen LogP contribution in [0.25, 0.3) is 0 Å². The number of hydrogen-bond donors (Lipinski definition) is 0. The van der Waals surface area contributed by atoms with Crippen molar-refractivity contribution in [3.05, 3.63) is 46.5 Å². The van der Waals surface area contributed by atoms with Crippen molar-refractivity contribution < 1.29 is 9.57 Å². The van der Waals surface area contributed by atoms with Crippen LogP contribution in [0, 0.1) is 22.7 Å². The SMILES string of the molecule is CCc1c(C#N)c(SCc2ccc(N(C)OC)cc2)nc(N2CCOC(CN(CC)CC)C2)c1C#N. The number of likely N-dealkylation sites (N-methyl/N-ethyl adjacent to an activating group) is 1. The Bertz CT molecular complexity index is 1090. The van der Waals surface area contributed by atoms with Crippen LogP contribution < -0.4 is 9.96 Å². The Hall–Kier alpha value is -2.82. The van der Waals surface area contributed by atoms with Crippen LogP contribution in [0.2, 0.25) is 0 Å². The van der Waals surface area contributed by atoms with Crippen LogP contribution in [0.3, 0.4) is 0 Å². The van der Waals surface area contributed by atoms with E-state index in [4.69, 9.17) is 14.6 Å². The van der Waals surface area contributed by atoms with E-state index >= 15 is 0 Å². The molecule has 2 aromatic rings. The van der Waals surface area contributed by atoms with Crippen LogP contribution in [-0.4, -0.2) is 69.5 Å². The molecule has 1 aromatic carbocycles. The van der Waals surface area contributed by atoms with Gasteiger partial charge in [0.05, 0.1) is 36.6 Å². The lowest BCUT2D eigenvalue weighted by Crippen LogP contribution is -2.48. The van der Waals surface area contributed by atoms with Gasteiger partial charge in [-0.2, -0.15) is 10.5 Å². The molecular weight excluding hydrogens is 472 g/mol. The molecule has 1 atom stereocenters. The van der Waals surface area contributed by atoms with Crippen molar-refractivity contribution in [2.24, 2.45) is 0 Å². The molecule has 1 aliphatic rings. The first kappa shape index (κ1) is 27.8. The highest BCUT2D eigenvalue weighted by Crippen LogP contribution is 2.34. The first-order valence-corrected chi connectivity index (χ1v) is 13.4. The summed E-state index contributed by atoms with van der Waals surface area (Å²) >= 11 is 1.54. The zero-order chi connectivity index (χ0) is 26.1. The predicted molar refractivity (Wildman–Crippen MR) is 144 cm³/mol. The van der Waals surface area contributed by atoms with E-state index in [1.807, 2.05) is 26.1 Å². The molecule has 0 amide bonds. The van der Waals surface area contributed by atoms with Crippen LogP contribution in [0.5, 0.6) is 0 Å². The highest BCUT2D eigenvalue weighted by molar-refractivity contribution is 7.98. The van der Waals surface area contributed by atoms with E-state index in [9.17, 15) is 10.5 Å². The minimum atomic E-state index is 0.0487. The number of rotatable bonds is 11. The maximum Gasteiger partial charge on any atom is 0.148 e. The molecule has 9 heteroatoms. The van der Waals surface area contributed by atoms with Crippen LogP contribution in [-0.2, 0) is 21.7 Å². The zero-order valence-electron chi connectivity index (χ0n) is 22.0. The summed E-state index contributed by atoms with van der Waals surface area (Å²) in [5, 5.41) is 22.4. The first-order valence-electron chi connectivity index (χ1n) is 12.4. The molecule has 0 N–H and O–H groups in total. The maximum atomic E-state index is 10.1. The summed E-state index contributed by atoms with van der Waals surface area (Å²) in [6.45, 7) is 11.0. The van der Waals surface area contributed by atoms with Gasteiger partial charge in [0.15, 0.2) is 0 Å². The lowest BCUT2D eigenvalue weighted by Gasteiger charge is -2.36. The molecule has 0 aliphatic carbocycles. The fourth-order valence-electron chi connectivity index (χ4n) is 4.37. The van der Waals surface area contributed by atoms with Gasteiger partial charge in [0.25, 0.3) is 0 Å². The number of nitriles is 2. The molecule has 0 radical (unpaired) electrons. The third-order valence-electron chi connectivity index (χ3n) is 6.57. The van der Waals surface area contributed by atoms with Gasteiger partial charge in [0.2, 0.25) is 0 Å². The Morgan fingerprint density at radius 1 is 1.14 bits per heavy atom. The molecule has 1 saturated heterocycles. The Morgan fingerprint density at radius 3 is 2.42 bits per heavy atom. The van der Waals surface area contributed by atoms with Crippen molar-refractivity contribution in [3.8, 4) is 12.1 Å². The first-order chi connectivity index (χ1) is 17.5. The maximum absolute atomic E-state index is 10.1. The van der Waals surface area contributed by atoms with Crippen LogP contribution in [0.15, 0.2) is 29.3 Å². The highest BCUT2D eigenvalue weighted by Gasteiger charge is 2.28. The molecule has 1 fully saturated rings. The van der Waals surface area contributed by atoms with Gasteiger partial charge >= 0.3 is 0 Å². The zero-order valence-corrected chi connectivity index (χ0v) is 22.8. The lowest BCUT2D eigenvalue weighted by atomic mass is 10.0. The van der Waals surface area contributed by atoms with E-state index in [2.05, 4.69) is 47.9 Å². The minimum absolute atomic E-state index is 0.0487. The molecule has 2 heterocycles. The van der Waals surface area contributed by atoms with E-state index in [0.717, 1.165) is 36.4 Å². The van der Waals surface area contributed by atoms with Crippen molar-refractivity contribution in [3.63, 3.8) is 0 Å². The van der Waals surface area contributed by atoms with Crippen molar-refractivity contribution in [2.45, 2.75) is 44.1 Å². The molecule has 3 rings (SSSR count). The van der Waals surface area contributed by atoms with Gasteiger partial charge in [-0.05, 0) is 42.8 Å². The number of anilines is 2. The summed E-state index contributed by atoms with van der Waals surface area (Å²) in [7, 11) is 3.49. The number of hydroxylamine groups is 1. The van der Waals surface area contributed by atoms with E-state index in [1.54, 1.807) is 12.2 Å². The van der Waals surface area contributed by atoms with Crippen molar-refractivity contribution in [2.75, 3.05) is 63.5 Å². The number of aromatic nitrogens is 1. The number of thioether (sulfide) groups is 1. The molecule has 8 nitrogen and oxygen atoms in total. The van der Waals surface area contributed by atoms with Crippen molar-refractivity contribution >= 4 is 23.3 Å². The van der Waals surface area contributed by atoms with Gasteiger partial charge in [-0.15, -0.1) is 11.8 Å². The van der Waals surface area contributed by atoms with E-state index in [0.29, 0.717) is 53.8 Å². The van der Waals surface area contributed by atoms with Crippen molar-refractivity contribution in [1.82, 2.24) is 9.88 Å². The number of hydrogen-bond acceptors (Lipinski definition) is 9. The Balaban J connectivity index is 1.89. The third-order valence-corrected chi connectivity index (χ3v) is 7.62. The van der Waals surface area contributed by atoms with Gasteiger partial charge in [-0.1, -0.05) is 32.9 Å². The topological polar surface area (TPSA) is 88.7 Å². The molecule has 36 heavy (non-hydrogen) atoms. The van der Waals surface area contributed by atoms with Crippen molar-refractivity contribution in [1.29, 1.82) is 10.5 Å². The number of benzene rings is 1. The summed E-state index contributed by atoms with van der Waals surface area (Å²) in [5.41, 5.74) is 3.87. The molecule has 1 unspecified atom stereocenters. The highest BCUT2D eigenvalue weighted by atomic mass is 32.2. The largest absolute Gasteiger partial charge is 0.373 e. The Morgan fingerprint density at radius 2 is 1.83 bits per heavy atom. The second kappa shape index (κ2) is 13.5. The normalized spacial score (nSPS) is 15.6. The number of nitrogens with zero attached hydrogens (tertiary/aromatic N) is 6. The van der Waals surface area contributed by atoms with Crippen LogP contribution in [0.1, 0.15) is 43.0 Å². The fourth-order valence-corrected chi connectivity index (χ4v) is 5.33. The molecular formula is C27H36N6O2S. The van der Waals surface area contributed by atoms with Crippen LogP contribution >= 0.6 is 11.8 Å². The monoisotopic (exact) mass is 508 g/mol. The molecule has 192 valence electrons. The van der Waals surface area contributed by atoms with E-state index < -0.39 is 0 Å². The fraction of sp³-hybridized carbons (Fsp3) is 0.519. The summed E-state index contributed by atoms with van der Waals surface area (Å²) in [6.07, 6.45) is 0.646. The Labute approximate surface area is 219 Å². The van der Waals surface area contributed by atoms with Gasteiger partial charge in [-0.25, -0.2) is 4.98 Å². The standard InChI is InChI=1S/C27H36N6O2S/c1-6-23-24(15-28)26(33-13-14-35-22(18-33)17-32(7-2)8-3)30-27(25(23)16-29)36-19-20-9-11-21(12-10-20)31(4)34-5/h9-12,22H,6-8,13-14,17-19H2,1-5H3. The second-order valence-electron chi connectivity index (χ2n) is 8.61. The quantitative estimate of drug-likeness (QED) is 0.327. The van der Waals surface area contributed by atoms with E-state index in [-0.39, 0.29) is 6.10 Å². The summed E-state index contributed by atoms with van der Waals surface area (Å²) in [5.74, 6) is 1.33. The Kier molecular flexibility index (Phi) is 10.4. The summed E-state index contributed by atoms with van der Waals surface area (Å²) in [4.78, 5) is 14.7. The third kappa shape index (κ3) is 6.48.